The van der Waals surface area contributed by atoms with Crippen LogP contribution in [0.5, 0.6) is 5.75 Å². The van der Waals surface area contributed by atoms with Gasteiger partial charge in [-0.05, 0) is 43.2 Å². The summed E-state index contributed by atoms with van der Waals surface area (Å²) in [5, 5.41) is 5.57. The van der Waals surface area contributed by atoms with Crippen LogP contribution in [-0.4, -0.2) is 38.1 Å². The molecule has 2 amide bonds. The number of amides is 2. The number of para-hydroxylation sites is 2. The van der Waals surface area contributed by atoms with Crippen LogP contribution in [0.25, 0.3) is 0 Å². The lowest BCUT2D eigenvalue weighted by Gasteiger charge is -2.35. The molecule has 0 unspecified atom stereocenters. The number of ether oxygens (including phenoxy) is 1. The number of aryl methyl sites for hydroxylation is 2. The van der Waals surface area contributed by atoms with E-state index in [2.05, 4.69) is 10.6 Å². The monoisotopic (exact) mass is 353 g/mol. The summed E-state index contributed by atoms with van der Waals surface area (Å²) in [7, 11) is 1.57. The van der Waals surface area contributed by atoms with Crippen molar-refractivity contribution < 1.29 is 14.3 Å². The first-order valence-electron chi connectivity index (χ1n) is 8.57. The van der Waals surface area contributed by atoms with Gasteiger partial charge < -0.3 is 20.3 Å². The highest BCUT2D eigenvalue weighted by atomic mass is 16.5. The van der Waals surface area contributed by atoms with Crippen molar-refractivity contribution in [3.05, 3.63) is 53.6 Å². The maximum absolute atomic E-state index is 12.6. The molecule has 0 aliphatic carbocycles. The molecule has 0 aromatic heterocycles. The third-order valence-electron chi connectivity index (χ3n) is 4.40. The molecule has 2 aromatic carbocycles. The Labute approximate surface area is 153 Å². The van der Waals surface area contributed by atoms with Crippen LogP contribution >= 0.6 is 0 Å². The van der Waals surface area contributed by atoms with E-state index in [9.17, 15) is 9.59 Å². The van der Waals surface area contributed by atoms with Crippen LogP contribution in [0.4, 0.5) is 11.4 Å². The van der Waals surface area contributed by atoms with Crippen LogP contribution in [0.3, 0.4) is 0 Å². The van der Waals surface area contributed by atoms with Gasteiger partial charge in [-0.2, -0.15) is 0 Å². The Morgan fingerprint density at radius 1 is 1.19 bits per heavy atom. The van der Waals surface area contributed by atoms with E-state index >= 15 is 0 Å². The second-order valence-corrected chi connectivity index (χ2v) is 6.44. The molecule has 3 rings (SSSR count). The zero-order valence-electron chi connectivity index (χ0n) is 15.2. The zero-order chi connectivity index (χ0) is 18.7. The maximum atomic E-state index is 12.6. The van der Waals surface area contributed by atoms with Gasteiger partial charge in [-0.15, -0.1) is 0 Å². The third-order valence-corrected chi connectivity index (χ3v) is 4.40. The summed E-state index contributed by atoms with van der Waals surface area (Å²) in [6.07, 6.45) is -0.650. The molecule has 0 radical (unpaired) electrons. The lowest BCUT2D eigenvalue weighted by atomic mass is 10.1. The molecule has 136 valence electrons. The van der Waals surface area contributed by atoms with Gasteiger partial charge in [0.1, 0.15) is 5.75 Å². The van der Waals surface area contributed by atoms with Crippen molar-refractivity contribution in [3.8, 4) is 5.75 Å². The van der Waals surface area contributed by atoms with Gasteiger partial charge in [0.05, 0.1) is 18.8 Å². The van der Waals surface area contributed by atoms with Gasteiger partial charge in [-0.3, -0.25) is 9.59 Å². The van der Waals surface area contributed by atoms with Gasteiger partial charge >= 0.3 is 0 Å². The molecule has 0 saturated carbocycles. The average Bonchev–Trinajstić information content (AvgIpc) is 2.64. The zero-order valence-corrected chi connectivity index (χ0v) is 15.2. The fraction of sp³-hybridized carbons (Fsp3) is 0.300. The standard InChI is InChI=1S/C20H23N3O3/c1-13-8-9-14(2)15(10-13)22-19(24)12-23-11-18(20(25)21-3)26-17-7-5-4-6-16(17)23/h4-10,18H,11-12H2,1-3H3,(H,21,25)(H,22,24)/t18-/m1/s1. The minimum atomic E-state index is -0.650. The van der Waals surface area contributed by atoms with E-state index in [1.54, 1.807) is 13.1 Å². The van der Waals surface area contributed by atoms with E-state index < -0.39 is 6.10 Å². The van der Waals surface area contributed by atoms with Gasteiger partial charge in [0.15, 0.2) is 6.10 Å². The second kappa shape index (κ2) is 7.47. The summed E-state index contributed by atoms with van der Waals surface area (Å²) >= 11 is 0. The van der Waals surface area contributed by atoms with Crippen molar-refractivity contribution >= 4 is 23.2 Å². The first kappa shape index (κ1) is 17.8. The molecule has 1 aliphatic rings. The van der Waals surface area contributed by atoms with E-state index in [-0.39, 0.29) is 18.4 Å². The topological polar surface area (TPSA) is 70.7 Å². The number of likely N-dealkylation sites (N-methyl/N-ethyl adjacent to an activating group) is 1. The SMILES string of the molecule is CNC(=O)[C@H]1CN(CC(=O)Nc2cc(C)ccc2C)c2ccccc2O1. The number of nitrogens with zero attached hydrogens (tertiary/aromatic N) is 1. The molecule has 2 N–H and O–H groups in total. The molecule has 0 saturated heterocycles. The van der Waals surface area contributed by atoms with Gasteiger partial charge in [0.2, 0.25) is 5.91 Å². The lowest BCUT2D eigenvalue weighted by Crippen LogP contribution is -2.50. The summed E-state index contributed by atoms with van der Waals surface area (Å²) in [5.74, 6) is 0.261. The van der Waals surface area contributed by atoms with E-state index in [0.29, 0.717) is 12.3 Å². The number of carbonyl (C=O) groups excluding carboxylic acids is 2. The number of fused-ring (bicyclic) bond motifs is 1. The Balaban J connectivity index is 1.78. The van der Waals surface area contributed by atoms with Crippen LogP contribution in [0.1, 0.15) is 11.1 Å². The molecule has 0 spiro atoms. The molecule has 1 atom stereocenters. The quantitative estimate of drug-likeness (QED) is 0.885. The fourth-order valence-corrected chi connectivity index (χ4v) is 2.99. The van der Waals surface area contributed by atoms with E-state index in [1.165, 1.54) is 0 Å². The van der Waals surface area contributed by atoms with E-state index in [1.807, 2.05) is 55.1 Å². The van der Waals surface area contributed by atoms with E-state index in [4.69, 9.17) is 4.74 Å². The Hall–Kier alpha value is -3.02. The number of benzene rings is 2. The van der Waals surface area contributed by atoms with Crippen molar-refractivity contribution in [2.75, 3.05) is 30.4 Å². The van der Waals surface area contributed by atoms with Crippen molar-refractivity contribution in [1.29, 1.82) is 0 Å². The summed E-state index contributed by atoms with van der Waals surface area (Å²) in [5.41, 5.74) is 3.71. The number of carbonyl (C=O) groups is 2. The maximum Gasteiger partial charge on any atom is 0.262 e. The smallest absolute Gasteiger partial charge is 0.262 e. The number of anilines is 2. The molecule has 0 bridgehead atoms. The summed E-state index contributed by atoms with van der Waals surface area (Å²) in [4.78, 5) is 26.5. The van der Waals surface area contributed by atoms with Crippen LogP contribution in [0.15, 0.2) is 42.5 Å². The number of hydrogen-bond acceptors (Lipinski definition) is 4. The van der Waals surface area contributed by atoms with E-state index in [0.717, 1.165) is 22.5 Å². The molecule has 0 fully saturated rings. The highest BCUT2D eigenvalue weighted by Crippen LogP contribution is 2.33. The Morgan fingerprint density at radius 3 is 2.73 bits per heavy atom. The molecule has 26 heavy (non-hydrogen) atoms. The van der Waals surface area contributed by atoms with Crippen molar-refractivity contribution in [2.45, 2.75) is 20.0 Å². The number of hydrogen-bond donors (Lipinski definition) is 2. The molecule has 6 nitrogen and oxygen atoms in total. The number of nitrogens with one attached hydrogen (secondary N) is 2. The molecular weight excluding hydrogens is 330 g/mol. The van der Waals surface area contributed by atoms with Crippen molar-refractivity contribution in [1.82, 2.24) is 5.32 Å². The van der Waals surface area contributed by atoms with Crippen molar-refractivity contribution in [3.63, 3.8) is 0 Å². The highest BCUT2D eigenvalue weighted by molar-refractivity contribution is 5.95. The predicted molar refractivity (Wildman–Crippen MR) is 102 cm³/mol. The number of rotatable bonds is 4. The van der Waals surface area contributed by atoms with Crippen LogP contribution in [0, 0.1) is 13.8 Å². The Kier molecular flexibility index (Phi) is 5.11. The molecular formula is C20H23N3O3. The van der Waals surface area contributed by atoms with Gasteiger partial charge in [-0.25, -0.2) is 0 Å². The normalized spacial score (nSPS) is 15.7. The second-order valence-electron chi connectivity index (χ2n) is 6.44. The van der Waals surface area contributed by atoms with Gasteiger partial charge in [0, 0.05) is 12.7 Å². The largest absolute Gasteiger partial charge is 0.477 e. The first-order valence-corrected chi connectivity index (χ1v) is 8.57. The molecule has 6 heteroatoms. The minimum absolute atomic E-state index is 0.133. The predicted octanol–water partition coefficient (Wildman–Crippen LogP) is 2.26. The van der Waals surface area contributed by atoms with Crippen LogP contribution in [0.2, 0.25) is 0 Å². The molecule has 2 aromatic rings. The lowest BCUT2D eigenvalue weighted by molar-refractivity contribution is -0.127. The van der Waals surface area contributed by atoms with Gasteiger partial charge in [0.25, 0.3) is 5.91 Å². The third kappa shape index (κ3) is 3.79. The highest BCUT2D eigenvalue weighted by Gasteiger charge is 2.31. The summed E-state index contributed by atoms with van der Waals surface area (Å²) in [6, 6.07) is 13.4. The van der Waals surface area contributed by atoms with Crippen LogP contribution in [-0.2, 0) is 9.59 Å². The summed E-state index contributed by atoms with van der Waals surface area (Å²) in [6.45, 7) is 4.40. The van der Waals surface area contributed by atoms with Gasteiger partial charge in [-0.1, -0.05) is 24.3 Å². The average molecular weight is 353 g/mol. The minimum Gasteiger partial charge on any atom is -0.477 e. The Bertz CT molecular complexity index is 835. The molecule has 1 aliphatic heterocycles. The molecule has 1 heterocycles. The summed E-state index contributed by atoms with van der Waals surface area (Å²) < 4.78 is 5.76. The van der Waals surface area contributed by atoms with Crippen LogP contribution < -0.4 is 20.3 Å². The van der Waals surface area contributed by atoms with Crippen molar-refractivity contribution in [2.24, 2.45) is 0 Å². The first-order chi connectivity index (χ1) is 12.5. The fourth-order valence-electron chi connectivity index (χ4n) is 2.99. The Morgan fingerprint density at radius 2 is 1.96 bits per heavy atom.